The van der Waals surface area contributed by atoms with Crippen LogP contribution in [0.1, 0.15) is 70.7 Å². The lowest BCUT2D eigenvalue weighted by Crippen LogP contribution is -2.40. The number of halogens is 3. The van der Waals surface area contributed by atoms with Crippen molar-refractivity contribution in [2.75, 3.05) is 0 Å². The Kier molecular flexibility index (Phi) is 7.19. The largest absolute Gasteiger partial charge is 0.488 e. The van der Waals surface area contributed by atoms with Crippen LogP contribution in [0.4, 0.5) is 13.2 Å². The Labute approximate surface area is 211 Å². The van der Waals surface area contributed by atoms with E-state index >= 15 is 0 Å². The van der Waals surface area contributed by atoms with Crippen molar-refractivity contribution in [2.24, 2.45) is 0 Å². The van der Waals surface area contributed by atoms with Gasteiger partial charge in [-0.2, -0.15) is 18.4 Å². The van der Waals surface area contributed by atoms with E-state index in [0.29, 0.717) is 22.8 Å². The van der Waals surface area contributed by atoms with Gasteiger partial charge >= 0.3 is 6.18 Å². The minimum absolute atomic E-state index is 0.0794. The summed E-state index contributed by atoms with van der Waals surface area (Å²) in [6, 6.07) is 19.3. The summed E-state index contributed by atoms with van der Waals surface area (Å²) in [5.74, 6) is 1.22. The molecule has 0 N–H and O–H groups in total. The first-order chi connectivity index (χ1) is 16.5. The zero-order chi connectivity index (χ0) is 26.9. The molecule has 0 saturated carbocycles. The molecular weight excluding hydrogens is 463 g/mol. The van der Waals surface area contributed by atoms with Crippen LogP contribution in [0.15, 0.2) is 66.7 Å². The van der Waals surface area contributed by atoms with Crippen molar-refractivity contribution in [1.82, 2.24) is 0 Å². The van der Waals surface area contributed by atoms with Crippen molar-refractivity contribution < 1.29 is 22.6 Å². The van der Waals surface area contributed by atoms with Crippen LogP contribution in [-0.2, 0) is 10.8 Å². The summed E-state index contributed by atoms with van der Waals surface area (Å²) in [4.78, 5) is 0. The van der Waals surface area contributed by atoms with Crippen LogP contribution in [0.25, 0.3) is 0 Å². The number of hydrogen-bond donors (Lipinski definition) is 0. The van der Waals surface area contributed by atoms with E-state index in [4.69, 9.17) is 9.47 Å². The molecule has 190 valence electrons. The van der Waals surface area contributed by atoms with Crippen molar-refractivity contribution in [3.63, 3.8) is 0 Å². The lowest BCUT2D eigenvalue weighted by molar-refractivity contribution is -0.173. The normalized spacial score (nSPS) is 14.0. The maximum atomic E-state index is 14.5. The van der Waals surface area contributed by atoms with Crippen LogP contribution >= 0.6 is 0 Å². The lowest BCUT2D eigenvalue weighted by Gasteiger charge is -2.33. The third kappa shape index (κ3) is 5.84. The Morgan fingerprint density at radius 1 is 0.667 bits per heavy atom. The molecule has 0 amide bonds. The van der Waals surface area contributed by atoms with Crippen molar-refractivity contribution in [2.45, 2.75) is 71.1 Å². The van der Waals surface area contributed by atoms with Gasteiger partial charge in [-0.05, 0) is 86.2 Å². The fraction of sp³-hybridized carbons (Fsp3) is 0.367. The van der Waals surface area contributed by atoms with E-state index in [1.807, 2.05) is 47.6 Å². The van der Waals surface area contributed by atoms with Gasteiger partial charge in [0.05, 0.1) is 5.56 Å². The molecule has 6 heteroatoms. The summed E-state index contributed by atoms with van der Waals surface area (Å²) in [6.07, 6.45) is -4.54. The maximum absolute atomic E-state index is 14.5. The van der Waals surface area contributed by atoms with E-state index in [2.05, 4.69) is 6.07 Å². The molecule has 0 radical (unpaired) electrons. The fourth-order valence-electron chi connectivity index (χ4n) is 3.85. The zero-order valence-corrected chi connectivity index (χ0v) is 21.7. The Hall–Kier alpha value is -3.46. The number of alkyl halides is 3. The highest BCUT2D eigenvalue weighted by Gasteiger charge is 2.53. The van der Waals surface area contributed by atoms with Gasteiger partial charge in [-0.3, -0.25) is 0 Å². The molecule has 0 aromatic heterocycles. The highest BCUT2D eigenvalue weighted by Crippen LogP contribution is 2.47. The highest BCUT2D eigenvalue weighted by molar-refractivity contribution is 5.50. The van der Waals surface area contributed by atoms with Crippen LogP contribution in [0.2, 0.25) is 0 Å². The van der Waals surface area contributed by atoms with Gasteiger partial charge < -0.3 is 9.47 Å². The van der Waals surface area contributed by atoms with Gasteiger partial charge in [0.2, 0.25) is 0 Å². The Bertz CT molecular complexity index is 1240. The summed E-state index contributed by atoms with van der Waals surface area (Å²) >= 11 is 0. The molecule has 3 aromatic carbocycles. The van der Waals surface area contributed by atoms with E-state index in [9.17, 15) is 18.4 Å². The third-order valence-corrected chi connectivity index (χ3v) is 6.05. The van der Waals surface area contributed by atoms with E-state index in [-0.39, 0.29) is 16.5 Å². The standard InChI is InChI=1S/C30H32F3NO2/c1-27(2,3)23-9-8-20(19-34)26(18-23)35-24-14-10-21(11-15-24)29(7,30(31,32)33)22-12-16-25(17-13-22)36-28(4,5)6/h8-18H,1-7H3. The summed E-state index contributed by atoms with van der Waals surface area (Å²) < 4.78 is 55.1. The minimum atomic E-state index is -4.54. The van der Waals surface area contributed by atoms with Crippen molar-refractivity contribution >= 4 is 0 Å². The number of benzene rings is 3. The van der Waals surface area contributed by atoms with Gasteiger partial charge in [-0.15, -0.1) is 0 Å². The number of ether oxygens (including phenoxy) is 2. The van der Waals surface area contributed by atoms with Gasteiger partial charge in [0.15, 0.2) is 0 Å². The van der Waals surface area contributed by atoms with Crippen LogP contribution in [0.5, 0.6) is 17.2 Å². The highest BCUT2D eigenvalue weighted by atomic mass is 19.4. The van der Waals surface area contributed by atoms with Gasteiger partial charge in [0.25, 0.3) is 0 Å². The average molecular weight is 496 g/mol. The molecule has 0 fully saturated rings. The summed E-state index contributed by atoms with van der Waals surface area (Å²) in [6.45, 7) is 12.9. The second-order valence-corrected chi connectivity index (χ2v) is 11.1. The first kappa shape index (κ1) is 27.1. The molecule has 36 heavy (non-hydrogen) atoms. The van der Waals surface area contributed by atoms with E-state index < -0.39 is 17.2 Å². The Morgan fingerprint density at radius 2 is 1.14 bits per heavy atom. The first-order valence-electron chi connectivity index (χ1n) is 11.7. The van der Waals surface area contributed by atoms with Crippen LogP contribution in [0.3, 0.4) is 0 Å². The number of nitrogens with zero attached hydrogens (tertiary/aromatic N) is 1. The molecular formula is C30H32F3NO2. The zero-order valence-electron chi connectivity index (χ0n) is 21.7. The quantitative estimate of drug-likeness (QED) is 0.355. The molecule has 0 spiro atoms. The second-order valence-electron chi connectivity index (χ2n) is 11.1. The molecule has 0 bridgehead atoms. The van der Waals surface area contributed by atoms with Gasteiger partial charge in [-0.1, -0.05) is 51.1 Å². The molecule has 3 rings (SSSR count). The van der Waals surface area contributed by atoms with E-state index in [0.717, 1.165) is 5.56 Å². The fourth-order valence-corrected chi connectivity index (χ4v) is 3.85. The molecule has 1 atom stereocenters. The third-order valence-electron chi connectivity index (χ3n) is 6.05. The van der Waals surface area contributed by atoms with Crippen LogP contribution < -0.4 is 9.47 Å². The van der Waals surface area contributed by atoms with Crippen molar-refractivity contribution in [3.8, 4) is 23.3 Å². The predicted octanol–water partition coefficient (Wildman–Crippen LogP) is 8.69. The molecule has 3 nitrogen and oxygen atoms in total. The predicted molar refractivity (Wildman–Crippen MR) is 136 cm³/mol. The topological polar surface area (TPSA) is 42.2 Å². The van der Waals surface area contributed by atoms with Crippen LogP contribution in [-0.4, -0.2) is 11.8 Å². The average Bonchev–Trinajstić information content (AvgIpc) is 2.77. The molecule has 1 unspecified atom stereocenters. The van der Waals surface area contributed by atoms with Gasteiger partial charge in [-0.25, -0.2) is 0 Å². The van der Waals surface area contributed by atoms with Gasteiger partial charge in [0, 0.05) is 0 Å². The summed E-state index contributed by atoms with van der Waals surface area (Å²) in [5, 5.41) is 9.47. The number of rotatable bonds is 5. The van der Waals surface area contributed by atoms with Crippen molar-refractivity contribution in [1.29, 1.82) is 5.26 Å². The number of hydrogen-bond acceptors (Lipinski definition) is 3. The Morgan fingerprint density at radius 3 is 1.56 bits per heavy atom. The van der Waals surface area contributed by atoms with Crippen LogP contribution in [0, 0.1) is 11.3 Å². The smallest absolute Gasteiger partial charge is 0.402 e. The van der Waals surface area contributed by atoms with Crippen molar-refractivity contribution in [3.05, 3.63) is 89.0 Å². The van der Waals surface area contributed by atoms with Gasteiger partial charge in [0.1, 0.15) is 34.3 Å². The Balaban J connectivity index is 1.95. The molecule has 0 heterocycles. The first-order valence-corrected chi connectivity index (χ1v) is 11.7. The molecule has 0 saturated heterocycles. The molecule has 3 aromatic rings. The SMILES string of the molecule is CC(C)(C)Oc1ccc(C(C)(c2ccc(Oc3cc(C(C)(C)C)ccc3C#N)cc2)C(F)(F)F)cc1. The summed E-state index contributed by atoms with van der Waals surface area (Å²) in [7, 11) is 0. The lowest BCUT2D eigenvalue weighted by atomic mass is 9.75. The second kappa shape index (κ2) is 9.54. The van der Waals surface area contributed by atoms with E-state index in [1.54, 1.807) is 24.3 Å². The number of nitriles is 1. The molecule has 0 aliphatic rings. The monoisotopic (exact) mass is 495 g/mol. The maximum Gasteiger partial charge on any atom is 0.402 e. The van der Waals surface area contributed by atoms with E-state index in [1.165, 1.54) is 43.3 Å². The molecule has 0 aliphatic heterocycles. The summed E-state index contributed by atoms with van der Waals surface area (Å²) in [5.41, 5.74) is -1.33. The molecule has 0 aliphatic carbocycles. The minimum Gasteiger partial charge on any atom is -0.488 e.